The maximum Gasteiger partial charge on any atom is 0.326 e. The monoisotopic (exact) mass is 477 g/mol. The molecule has 0 amide bonds. The number of ether oxygens (including phenoxy) is 1. The van der Waals surface area contributed by atoms with Gasteiger partial charge in [0.1, 0.15) is 18.1 Å². The van der Waals surface area contributed by atoms with E-state index in [1.54, 1.807) is 16.8 Å². The molecule has 0 bridgehead atoms. The summed E-state index contributed by atoms with van der Waals surface area (Å²) >= 11 is 0. The van der Waals surface area contributed by atoms with Gasteiger partial charge in [-0.1, -0.05) is 12.1 Å². The van der Waals surface area contributed by atoms with Crippen LogP contribution in [0.4, 0.5) is 5.95 Å². The summed E-state index contributed by atoms with van der Waals surface area (Å²) in [6.07, 6.45) is 5.24. The van der Waals surface area contributed by atoms with Crippen molar-refractivity contribution in [1.82, 2.24) is 34.4 Å². The number of nitrogens with zero attached hydrogens (tertiary/aromatic N) is 6. The second kappa shape index (κ2) is 9.58. The van der Waals surface area contributed by atoms with Crippen LogP contribution in [0.25, 0.3) is 11.7 Å². The molecule has 3 heterocycles. The fraction of sp³-hybridized carbons (Fsp3) is 0.348. The number of anilines is 1. The van der Waals surface area contributed by atoms with Gasteiger partial charge in [-0.05, 0) is 50.7 Å². The fourth-order valence-corrected chi connectivity index (χ4v) is 3.39. The predicted octanol–water partition coefficient (Wildman–Crippen LogP) is 0.00960. The van der Waals surface area contributed by atoms with Crippen LogP contribution in [0.3, 0.4) is 0 Å². The lowest BCUT2D eigenvalue weighted by atomic mass is 10.2. The average molecular weight is 478 g/mol. The van der Waals surface area contributed by atoms with E-state index >= 15 is 0 Å². The van der Waals surface area contributed by atoms with Crippen molar-refractivity contribution in [2.45, 2.75) is 25.4 Å². The van der Waals surface area contributed by atoms with Gasteiger partial charge in [0.15, 0.2) is 5.65 Å². The zero-order valence-electron chi connectivity index (χ0n) is 19.5. The largest absolute Gasteiger partial charge is 0.493 e. The Balaban J connectivity index is 1.40. The van der Waals surface area contributed by atoms with Crippen LogP contribution in [0.2, 0.25) is 0 Å². The Labute approximate surface area is 200 Å². The molecule has 1 aromatic carbocycles. The highest BCUT2D eigenvalue weighted by Gasteiger charge is 2.21. The Morgan fingerprint density at radius 1 is 1.26 bits per heavy atom. The number of benzene rings is 1. The van der Waals surface area contributed by atoms with Crippen molar-refractivity contribution < 1.29 is 9.84 Å². The van der Waals surface area contributed by atoms with Gasteiger partial charge in [0.05, 0.1) is 12.2 Å². The van der Waals surface area contributed by atoms with E-state index in [4.69, 9.17) is 4.74 Å². The van der Waals surface area contributed by atoms with Crippen LogP contribution < -0.4 is 26.6 Å². The Hall–Kier alpha value is -4.19. The molecule has 4 N–H and O–H groups in total. The van der Waals surface area contributed by atoms with Gasteiger partial charge in [-0.25, -0.2) is 9.79 Å². The highest BCUT2D eigenvalue weighted by Crippen LogP contribution is 2.22. The third-order valence-electron chi connectivity index (χ3n) is 5.44. The molecule has 1 fully saturated rings. The molecular weight excluding hydrogens is 450 g/mol. The maximum absolute atomic E-state index is 11.5. The highest BCUT2D eigenvalue weighted by molar-refractivity contribution is 5.57. The number of H-pyrrole nitrogens is 2. The van der Waals surface area contributed by atoms with Gasteiger partial charge < -0.3 is 25.0 Å². The molecular formula is C23H27N9O3. The minimum Gasteiger partial charge on any atom is -0.493 e. The van der Waals surface area contributed by atoms with E-state index in [2.05, 4.69) is 40.2 Å². The van der Waals surface area contributed by atoms with Crippen LogP contribution in [0.5, 0.6) is 11.6 Å². The van der Waals surface area contributed by atoms with E-state index in [9.17, 15) is 9.90 Å². The van der Waals surface area contributed by atoms with Crippen molar-refractivity contribution in [3.8, 4) is 11.6 Å². The summed E-state index contributed by atoms with van der Waals surface area (Å²) in [4.78, 5) is 32.3. The van der Waals surface area contributed by atoms with E-state index in [1.165, 1.54) is 0 Å². The molecule has 0 unspecified atom stereocenters. The summed E-state index contributed by atoms with van der Waals surface area (Å²) in [5.41, 5.74) is 1.75. The van der Waals surface area contributed by atoms with E-state index < -0.39 is 5.69 Å². The SMILES string of the molecule is CN(C)CCOc1ccc(CNc2nc(=NC3CC3)n3ncc(=Cc4[nH]c(=O)[nH]c4O)c3n2)cc1. The summed E-state index contributed by atoms with van der Waals surface area (Å²) in [7, 11) is 4.02. The van der Waals surface area contributed by atoms with Crippen molar-refractivity contribution in [1.29, 1.82) is 0 Å². The molecule has 12 heteroatoms. The number of hydrogen-bond donors (Lipinski definition) is 4. The summed E-state index contributed by atoms with van der Waals surface area (Å²) in [6.45, 7) is 1.99. The molecule has 12 nitrogen and oxygen atoms in total. The van der Waals surface area contributed by atoms with Crippen molar-refractivity contribution in [3.63, 3.8) is 0 Å². The van der Waals surface area contributed by atoms with Gasteiger partial charge in [-0.2, -0.15) is 19.6 Å². The predicted molar refractivity (Wildman–Crippen MR) is 129 cm³/mol. The second-order valence-electron chi connectivity index (χ2n) is 8.68. The number of aromatic amines is 2. The van der Waals surface area contributed by atoms with Gasteiger partial charge in [0.2, 0.25) is 11.8 Å². The first kappa shape index (κ1) is 22.6. The number of imidazole rings is 1. The number of likely N-dealkylation sites (N-methyl/N-ethyl adjacent to an activating group) is 1. The maximum atomic E-state index is 11.5. The van der Waals surface area contributed by atoms with Crippen molar-refractivity contribution >= 4 is 17.7 Å². The molecule has 0 saturated heterocycles. The van der Waals surface area contributed by atoms with Crippen LogP contribution >= 0.6 is 0 Å². The van der Waals surface area contributed by atoms with Gasteiger partial charge in [0.25, 0.3) is 5.62 Å². The van der Waals surface area contributed by atoms with Crippen LogP contribution in [-0.2, 0) is 6.54 Å². The molecule has 4 aromatic rings. The first-order valence-electron chi connectivity index (χ1n) is 11.4. The lowest BCUT2D eigenvalue weighted by Gasteiger charge is -2.11. The zero-order chi connectivity index (χ0) is 24.4. The minimum atomic E-state index is -0.499. The topological polar surface area (TPSA) is 149 Å². The number of nitrogens with one attached hydrogen (secondary N) is 3. The van der Waals surface area contributed by atoms with Crippen LogP contribution in [0.1, 0.15) is 24.1 Å². The Morgan fingerprint density at radius 3 is 2.74 bits per heavy atom. The Morgan fingerprint density at radius 2 is 2.06 bits per heavy atom. The summed E-state index contributed by atoms with van der Waals surface area (Å²) < 4.78 is 7.32. The normalized spacial score (nSPS) is 14.8. The minimum absolute atomic E-state index is 0.239. The van der Waals surface area contributed by atoms with E-state index in [0.717, 1.165) is 30.7 Å². The average Bonchev–Trinajstić information content (AvgIpc) is 3.46. The number of aromatic hydroxyl groups is 1. The fourth-order valence-electron chi connectivity index (χ4n) is 3.39. The first-order chi connectivity index (χ1) is 16.9. The standard InChI is InChI=1S/C23H27N9O3/c1-31(2)9-10-35-17-7-3-14(4-8-17)12-24-21-28-19-15(11-18-20(33)29-23(34)27-18)13-25-32(19)22(30-21)26-16-5-6-16/h3-4,7-8,11,13,16,33H,5-6,9-10,12H2,1-2H3,(H,24,26,30)(H2,27,29,34). The quantitative estimate of drug-likeness (QED) is 0.263. The molecule has 0 spiro atoms. The highest BCUT2D eigenvalue weighted by atomic mass is 16.5. The zero-order valence-corrected chi connectivity index (χ0v) is 19.5. The Kier molecular flexibility index (Phi) is 6.19. The molecule has 35 heavy (non-hydrogen) atoms. The smallest absolute Gasteiger partial charge is 0.326 e. The van der Waals surface area contributed by atoms with Gasteiger partial charge >= 0.3 is 5.69 Å². The third kappa shape index (κ3) is 5.49. The number of rotatable bonds is 9. The second-order valence-corrected chi connectivity index (χ2v) is 8.68. The number of fused-ring (bicyclic) bond motifs is 1. The lowest BCUT2D eigenvalue weighted by Crippen LogP contribution is -2.24. The summed E-state index contributed by atoms with van der Waals surface area (Å²) in [6, 6.07) is 8.12. The van der Waals surface area contributed by atoms with Gasteiger partial charge in [0, 0.05) is 18.3 Å². The van der Waals surface area contributed by atoms with E-state index in [-0.39, 0.29) is 17.6 Å². The van der Waals surface area contributed by atoms with Gasteiger partial charge in [-0.15, -0.1) is 0 Å². The van der Waals surface area contributed by atoms with Crippen molar-refractivity contribution in [2.24, 2.45) is 4.99 Å². The van der Waals surface area contributed by atoms with Crippen LogP contribution in [0, 0.1) is 0 Å². The molecule has 0 aliphatic heterocycles. The van der Waals surface area contributed by atoms with Crippen molar-refractivity contribution in [3.05, 3.63) is 63.0 Å². The third-order valence-corrected chi connectivity index (χ3v) is 5.44. The molecule has 182 valence electrons. The van der Waals surface area contributed by atoms with E-state index in [1.807, 2.05) is 38.4 Å². The van der Waals surface area contributed by atoms with Crippen molar-refractivity contribution in [2.75, 3.05) is 32.6 Å². The summed E-state index contributed by atoms with van der Waals surface area (Å²) in [5, 5.41) is 18.2. The molecule has 1 saturated carbocycles. The molecule has 0 radical (unpaired) electrons. The van der Waals surface area contributed by atoms with Crippen LogP contribution in [0.15, 0.2) is 40.2 Å². The molecule has 1 aliphatic carbocycles. The first-order valence-corrected chi connectivity index (χ1v) is 11.4. The molecule has 5 rings (SSSR count). The summed E-state index contributed by atoms with van der Waals surface area (Å²) in [5.74, 6) is 0.980. The van der Waals surface area contributed by atoms with E-state index in [0.29, 0.717) is 35.6 Å². The Bertz CT molecular complexity index is 1500. The van der Waals surface area contributed by atoms with Crippen LogP contribution in [-0.4, -0.2) is 72.8 Å². The lowest BCUT2D eigenvalue weighted by molar-refractivity contribution is 0.261. The molecule has 3 aromatic heterocycles. The molecule has 0 atom stereocenters. The number of hydrogen-bond acceptors (Lipinski definition) is 9. The molecule has 1 aliphatic rings. The van der Waals surface area contributed by atoms with Gasteiger partial charge in [-0.3, -0.25) is 4.98 Å². The number of aromatic nitrogens is 6.